The van der Waals surface area contributed by atoms with Gasteiger partial charge in [0.15, 0.2) is 0 Å². The number of hydrazine groups is 1. The van der Waals surface area contributed by atoms with Crippen LogP contribution in [0.3, 0.4) is 0 Å². The molecule has 0 unspecified atom stereocenters. The Kier molecular flexibility index (Phi) is 5.47. The number of hydrogen-bond donors (Lipinski definition) is 0. The second kappa shape index (κ2) is 11.0. The number of hydrogen-bond acceptors (Lipinski definition) is 5. The lowest BCUT2D eigenvalue weighted by Crippen LogP contribution is -2.40. The molecule has 5 heteroatoms. The Labute approximate surface area is 302 Å². The third kappa shape index (κ3) is 4.13. The van der Waals surface area contributed by atoms with E-state index in [0.717, 1.165) is 54.4 Å². The topological polar surface area (TPSA) is 32.3 Å². The second-order valence-corrected chi connectivity index (χ2v) is 13.8. The molecule has 0 radical (unpaired) electrons. The van der Waals surface area contributed by atoms with E-state index in [9.17, 15) is 0 Å². The van der Waals surface area contributed by atoms with Crippen molar-refractivity contribution in [1.82, 2.24) is 9.97 Å². The fourth-order valence-electron chi connectivity index (χ4n) is 7.81. The van der Waals surface area contributed by atoms with Gasteiger partial charge in [-0.05, 0) is 51.9 Å². The smallest absolute Gasteiger partial charge is 0.246 e. The predicted octanol–water partition coefficient (Wildman–Crippen LogP) is 12.8. The van der Waals surface area contributed by atoms with Gasteiger partial charge in [0, 0.05) is 37.5 Å². The van der Waals surface area contributed by atoms with Crippen LogP contribution in [-0.4, -0.2) is 9.97 Å². The number of rotatable bonds is 3. The molecular formula is C46H28N4S. The van der Waals surface area contributed by atoms with Crippen molar-refractivity contribution in [3.05, 3.63) is 170 Å². The van der Waals surface area contributed by atoms with Gasteiger partial charge in [0.05, 0.1) is 37.1 Å². The summed E-state index contributed by atoms with van der Waals surface area (Å²) < 4.78 is 28.5. The molecule has 0 saturated heterocycles. The summed E-state index contributed by atoms with van der Waals surface area (Å²) in [5.41, 5.74) is 6.66. The van der Waals surface area contributed by atoms with Crippen molar-refractivity contribution in [3.8, 4) is 22.4 Å². The number of nitrogens with zero attached hydrogens (tertiary/aromatic N) is 4. The SMILES string of the molecule is [2H]c1cc([2H])c(-c2nc(N3c4c(c5ccccc5c5c4sc4ccccc45)-c4c(ccc5ccccc45)N3c3ccccc3)nc3ccccc23)c([2H])c1. The Hall–Kier alpha value is -6.56. The van der Waals surface area contributed by atoms with Crippen LogP contribution in [0.25, 0.3) is 75.0 Å². The molecule has 4 nitrogen and oxygen atoms in total. The van der Waals surface area contributed by atoms with Gasteiger partial charge in [-0.25, -0.2) is 20.0 Å². The summed E-state index contributed by atoms with van der Waals surface area (Å²) in [6, 6.07) is 51.7. The quantitative estimate of drug-likeness (QED) is 0.187. The maximum absolute atomic E-state index is 8.98. The standard InChI is InChI=1S/C46H28N4S/c1-3-16-30(17-4-1)43-35-23-11-13-25-37(35)47-46(48-43)50-44-42(34-22-10-9-21-33(34)40-36-24-12-14-26-39(36)51-45(40)44)41-32-20-8-7-15-29(32)27-28-38(41)49(50)31-18-5-2-6-19-31/h1-28H/i1D,16D,17D. The van der Waals surface area contributed by atoms with E-state index in [2.05, 4.69) is 107 Å². The molecule has 2 aromatic heterocycles. The van der Waals surface area contributed by atoms with Gasteiger partial charge in [-0.2, -0.15) is 0 Å². The van der Waals surface area contributed by atoms with E-state index in [1.165, 1.54) is 33.0 Å². The maximum Gasteiger partial charge on any atom is 0.251 e. The van der Waals surface area contributed by atoms with Gasteiger partial charge in [0.2, 0.25) is 0 Å². The molecule has 0 fully saturated rings. The van der Waals surface area contributed by atoms with Crippen LogP contribution in [0.4, 0.5) is 23.0 Å². The van der Waals surface area contributed by atoms with E-state index in [1.54, 1.807) is 11.3 Å². The molecule has 0 atom stereocenters. The fourth-order valence-corrected chi connectivity index (χ4v) is 9.07. The monoisotopic (exact) mass is 671 g/mol. The van der Waals surface area contributed by atoms with Crippen LogP contribution in [0.2, 0.25) is 0 Å². The molecule has 3 heterocycles. The van der Waals surface area contributed by atoms with Gasteiger partial charge in [0.25, 0.3) is 5.95 Å². The van der Waals surface area contributed by atoms with E-state index in [0.29, 0.717) is 22.7 Å². The molecule has 0 aliphatic carbocycles. The van der Waals surface area contributed by atoms with E-state index >= 15 is 0 Å². The van der Waals surface area contributed by atoms with Gasteiger partial charge in [-0.1, -0.05) is 139 Å². The number of para-hydroxylation sites is 2. The third-order valence-electron chi connectivity index (χ3n) is 9.93. The normalized spacial score (nSPS) is 13.5. The van der Waals surface area contributed by atoms with Gasteiger partial charge >= 0.3 is 0 Å². The first-order valence-corrected chi connectivity index (χ1v) is 17.7. The minimum Gasteiger partial charge on any atom is -0.246 e. The summed E-state index contributed by atoms with van der Waals surface area (Å²) in [6.45, 7) is 0. The van der Waals surface area contributed by atoms with Crippen LogP contribution >= 0.6 is 11.3 Å². The van der Waals surface area contributed by atoms with Crippen molar-refractivity contribution in [2.75, 3.05) is 10.0 Å². The molecule has 1 aliphatic rings. The van der Waals surface area contributed by atoms with Crippen LogP contribution in [0.5, 0.6) is 0 Å². The number of fused-ring (bicyclic) bond motifs is 13. The number of aromatic nitrogens is 2. The van der Waals surface area contributed by atoms with E-state index in [-0.39, 0.29) is 18.1 Å². The lowest BCUT2D eigenvalue weighted by Gasteiger charge is -2.43. The summed E-state index contributed by atoms with van der Waals surface area (Å²) in [4.78, 5) is 10.7. The summed E-state index contributed by atoms with van der Waals surface area (Å²) in [5.74, 6) is 0.412. The van der Waals surface area contributed by atoms with Crippen molar-refractivity contribution in [1.29, 1.82) is 0 Å². The Morgan fingerprint density at radius 1 is 0.529 bits per heavy atom. The second-order valence-electron chi connectivity index (χ2n) is 12.7. The Morgan fingerprint density at radius 3 is 2.06 bits per heavy atom. The van der Waals surface area contributed by atoms with Gasteiger partial charge in [0.1, 0.15) is 0 Å². The molecule has 0 amide bonds. The highest BCUT2D eigenvalue weighted by atomic mass is 32.1. The van der Waals surface area contributed by atoms with Gasteiger partial charge in [-0.3, -0.25) is 0 Å². The zero-order valence-electron chi connectivity index (χ0n) is 30.1. The van der Waals surface area contributed by atoms with Crippen molar-refractivity contribution in [3.63, 3.8) is 0 Å². The van der Waals surface area contributed by atoms with Crippen molar-refractivity contribution in [2.45, 2.75) is 0 Å². The highest BCUT2D eigenvalue weighted by Crippen LogP contribution is 2.58. The predicted molar refractivity (Wildman–Crippen MR) is 215 cm³/mol. The first kappa shape index (κ1) is 25.4. The number of thiophene rings is 1. The molecule has 0 spiro atoms. The summed E-state index contributed by atoms with van der Waals surface area (Å²) >= 11 is 1.77. The Bertz CT molecular complexity index is 3160. The molecule has 0 saturated carbocycles. The lowest BCUT2D eigenvalue weighted by molar-refractivity contribution is 0.933. The molecule has 8 aromatic carbocycles. The van der Waals surface area contributed by atoms with Crippen molar-refractivity contribution in [2.24, 2.45) is 0 Å². The van der Waals surface area contributed by atoms with E-state index in [4.69, 9.17) is 14.1 Å². The highest BCUT2D eigenvalue weighted by molar-refractivity contribution is 7.26. The molecule has 10 aromatic rings. The lowest BCUT2D eigenvalue weighted by atomic mass is 9.87. The van der Waals surface area contributed by atoms with Crippen LogP contribution in [0, 0.1) is 0 Å². The van der Waals surface area contributed by atoms with Crippen LogP contribution < -0.4 is 10.0 Å². The molecule has 51 heavy (non-hydrogen) atoms. The van der Waals surface area contributed by atoms with E-state index < -0.39 is 0 Å². The molecule has 11 rings (SSSR count). The minimum absolute atomic E-state index is 0.0796. The minimum atomic E-state index is 0.0796. The summed E-state index contributed by atoms with van der Waals surface area (Å²) in [5, 5.41) is 12.1. The third-order valence-corrected chi connectivity index (χ3v) is 11.1. The molecule has 238 valence electrons. The largest absolute Gasteiger partial charge is 0.251 e. The van der Waals surface area contributed by atoms with Crippen LogP contribution in [0.1, 0.15) is 4.11 Å². The molecule has 1 aliphatic heterocycles. The zero-order valence-corrected chi connectivity index (χ0v) is 27.9. The fraction of sp³-hybridized carbons (Fsp3) is 0. The summed E-state index contributed by atoms with van der Waals surface area (Å²) in [7, 11) is 0. The highest BCUT2D eigenvalue weighted by Gasteiger charge is 2.38. The maximum atomic E-state index is 8.98. The Balaban J connectivity index is 1.37. The van der Waals surface area contributed by atoms with Crippen molar-refractivity contribution >= 4 is 87.0 Å². The number of anilines is 4. The Morgan fingerprint density at radius 2 is 1.22 bits per heavy atom. The summed E-state index contributed by atoms with van der Waals surface area (Å²) in [6.07, 6.45) is 0. The van der Waals surface area contributed by atoms with Crippen LogP contribution in [-0.2, 0) is 0 Å². The van der Waals surface area contributed by atoms with Gasteiger partial charge < -0.3 is 0 Å². The average molecular weight is 672 g/mol. The van der Waals surface area contributed by atoms with Gasteiger partial charge in [-0.15, -0.1) is 11.3 Å². The van der Waals surface area contributed by atoms with Crippen LogP contribution in [0.15, 0.2) is 170 Å². The number of benzene rings is 8. The van der Waals surface area contributed by atoms with Crippen molar-refractivity contribution < 1.29 is 4.11 Å². The first-order valence-electron chi connectivity index (χ1n) is 18.4. The molecular weight excluding hydrogens is 641 g/mol. The zero-order chi connectivity index (χ0) is 36.1. The molecule has 0 bridgehead atoms. The first-order chi connectivity index (χ1) is 26.5. The van der Waals surface area contributed by atoms with E-state index in [1.807, 2.05) is 42.5 Å². The molecule has 0 N–H and O–H groups in total. The average Bonchev–Trinajstić information content (AvgIpc) is 3.60.